The number of hydrogen-bond donors (Lipinski definition) is 1. The summed E-state index contributed by atoms with van der Waals surface area (Å²) in [7, 11) is 0. The van der Waals surface area contributed by atoms with E-state index in [0.29, 0.717) is 11.6 Å². The zero-order valence-corrected chi connectivity index (χ0v) is 14.3. The van der Waals surface area contributed by atoms with Crippen LogP contribution >= 0.6 is 0 Å². The van der Waals surface area contributed by atoms with Crippen LogP contribution in [0.3, 0.4) is 0 Å². The minimum atomic E-state index is -0.426. The lowest BCUT2D eigenvalue weighted by molar-refractivity contribution is 0.101. The van der Waals surface area contributed by atoms with Crippen LogP contribution in [-0.2, 0) is 6.54 Å². The van der Waals surface area contributed by atoms with E-state index in [9.17, 15) is 9.59 Å². The number of aromatic nitrogens is 3. The Morgan fingerprint density at radius 2 is 1.92 bits per heavy atom. The van der Waals surface area contributed by atoms with Crippen LogP contribution in [0.25, 0.3) is 0 Å². The molecule has 1 aromatic carbocycles. The van der Waals surface area contributed by atoms with Gasteiger partial charge in [-0.15, -0.1) is 0 Å². The first-order valence-corrected chi connectivity index (χ1v) is 8.12. The van der Waals surface area contributed by atoms with Crippen LogP contribution in [0.15, 0.2) is 65.6 Å². The molecule has 0 radical (unpaired) electrons. The minimum absolute atomic E-state index is 0.134. The summed E-state index contributed by atoms with van der Waals surface area (Å²) in [4.78, 5) is 28.4. The number of ether oxygens (including phenoxy) is 1. The van der Waals surface area contributed by atoms with E-state index in [0.717, 1.165) is 5.56 Å². The normalized spacial score (nSPS) is 10.3. The topological polar surface area (TPSA) is 86.1 Å². The number of para-hydroxylation sites is 1. The zero-order chi connectivity index (χ0) is 18.4. The molecule has 132 valence electrons. The number of nitrogens with one attached hydrogen (secondary N) is 1. The van der Waals surface area contributed by atoms with Gasteiger partial charge in [-0.25, -0.2) is 9.67 Å². The highest BCUT2D eigenvalue weighted by Crippen LogP contribution is 2.10. The first-order chi connectivity index (χ1) is 12.6. The van der Waals surface area contributed by atoms with Crippen LogP contribution in [0.1, 0.15) is 16.1 Å². The van der Waals surface area contributed by atoms with Gasteiger partial charge in [0, 0.05) is 12.3 Å². The second-order valence-electron chi connectivity index (χ2n) is 5.56. The molecule has 26 heavy (non-hydrogen) atoms. The Morgan fingerprint density at radius 1 is 1.12 bits per heavy atom. The van der Waals surface area contributed by atoms with Crippen LogP contribution in [-0.4, -0.2) is 27.3 Å². The first-order valence-electron chi connectivity index (χ1n) is 8.12. The van der Waals surface area contributed by atoms with Gasteiger partial charge in [0.25, 0.3) is 11.5 Å². The van der Waals surface area contributed by atoms with Gasteiger partial charge in [-0.1, -0.05) is 24.3 Å². The number of rotatable bonds is 6. The molecular formula is C19H18N4O3. The summed E-state index contributed by atoms with van der Waals surface area (Å²) < 4.78 is 6.78. The lowest BCUT2D eigenvalue weighted by atomic mass is 10.3. The largest absolute Gasteiger partial charge is 0.492 e. The predicted molar refractivity (Wildman–Crippen MR) is 97.4 cm³/mol. The highest BCUT2D eigenvalue weighted by molar-refractivity contribution is 6.02. The van der Waals surface area contributed by atoms with Crippen molar-refractivity contribution >= 4 is 11.7 Å². The van der Waals surface area contributed by atoms with Crippen molar-refractivity contribution in [3.8, 4) is 5.75 Å². The fraction of sp³-hybridized carbons (Fsp3) is 0.158. The van der Waals surface area contributed by atoms with Gasteiger partial charge < -0.3 is 10.1 Å². The van der Waals surface area contributed by atoms with Crippen molar-refractivity contribution in [3.63, 3.8) is 0 Å². The molecule has 0 aliphatic rings. The summed E-state index contributed by atoms with van der Waals surface area (Å²) in [5.41, 5.74) is 0.673. The fourth-order valence-electron chi connectivity index (χ4n) is 2.29. The van der Waals surface area contributed by atoms with Crippen LogP contribution in [0, 0.1) is 6.92 Å². The summed E-state index contributed by atoms with van der Waals surface area (Å²) in [6.07, 6.45) is 1.60. The standard InChI is InChI=1S/C19H18N4O3/c1-14-6-5-11-20-18(14)21-19(25)16-9-10-17(24)23(22-16)12-13-26-15-7-3-2-4-8-15/h2-11H,12-13H2,1H3,(H,20,21,25). The third-order valence-electron chi connectivity index (χ3n) is 3.66. The highest BCUT2D eigenvalue weighted by atomic mass is 16.5. The van der Waals surface area contributed by atoms with Crippen molar-refractivity contribution in [3.05, 3.63) is 82.4 Å². The Morgan fingerprint density at radius 3 is 2.69 bits per heavy atom. The number of aryl methyl sites for hydroxylation is 1. The third kappa shape index (κ3) is 4.32. The molecule has 7 nitrogen and oxygen atoms in total. The van der Waals surface area contributed by atoms with Gasteiger partial charge in [-0.3, -0.25) is 9.59 Å². The molecule has 0 saturated carbocycles. The average Bonchev–Trinajstić information content (AvgIpc) is 2.66. The first kappa shape index (κ1) is 17.3. The molecule has 0 aliphatic heterocycles. The molecule has 3 aromatic rings. The predicted octanol–water partition coefficient (Wildman–Crippen LogP) is 2.28. The van der Waals surface area contributed by atoms with E-state index in [1.807, 2.05) is 43.3 Å². The lowest BCUT2D eigenvalue weighted by Gasteiger charge is -2.09. The number of carbonyl (C=O) groups is 1. The molecule has 0 bridgehead atoms. The molecule has 7 heteroatoms. The molecule has 2 aromatic heterocycles. The van der Waals surface area contributed by atoms with E-state index in [2.05, 4.69) is 15.4 Å². The van der Waals surface area contributed by atoms with Gasteiger partial charge in [0.05, 0.1) is 6.54 Å². The summed E-state index contributed by atoms with van der Waals surface area (Å²) >= 11 is 0. The highest BCUT2D eigenvalue weighted by Gasteiger charge is 2.12. The van der Waals surface area contributed by atoms with Crippen molar-refractivity contribution in [1.82, 2.24) is 14.8 Å². The quantitative estimate of drug-likeness (QED) is 0.737. The van der Waals surface area contributed by atoms with E-state index < -0.39 is 5.91 Å². The van der Waals surface area contributed by atoms with Gasteiger partial charge in [-0.2, -0.15) is 5.10 Å². The molecule has 2 heterocycles. The van der Waals surface area contributed by atoms with E-state index in [1.54, 1.807) is 12.3 Å². The van der Waals surface area contributed by atoms with Crippen molar-refractivity contribution < 1.29 is 9.53 Å². The Bertz CT molecular complexity index is 954. The fourth-order valence-corrected chi connectivity index (χ4v) is 2.29. The van der Waals surface area contributed by atoms with Crippen LogP contribution in [0.5, 0.6) is 5.75 Å². The number of hydrogen-bond acceptors (Lipinski definition) is 5. The van der Waals surface area contributed by atoms with Crippen molar-refractivity contribution in [2.75, 3.05) is 11.9 Å². The van der Waals surface area contributed by atoms with E-state index in [4.69, 9.17) is 4.74 Å². The van der Waals surface area contributed by atoms with E-state index >= 15 is 0 Å². The van der Waals surface area contributed by atoms with Gasteiger partial charge in [0.1, 0.15) is 23.9 Å². The monoisotopic (exact) mass is 350 g/mol. The van der Waals surface area contributed by atoms with Gasteiger partial charge >= 0.3 is 0 Å². The Hall–Kier alpha value is -3.48. The summed E-state index contributed by atoms with van der Waals surface area (Å²) in [6.45, 7) is 2.34. The van der Waals surface area contributed by atoms with Gasteiger partial charge in [0.2, 0.25) is 0 Å². The number of carbonyl (C=O) groups excluding carboxylic acids is 1. The minimum Gasteiger partial charge on any atom is -0.492 e. The third-order valence-corrected chi connectivity index (χ3v) is 3.66. The SMILES string of the molecule is Cc1cccnc1NC(=O)c1ccc(=O)n(CCOc2ccccc2)n1. The van der Waals surface area contributed by atoms with E-state index in [1.165, 1.54) is 16.8 Å². The van der Waals surface area contributed by atoms with Crippen molar-refractivity contribution in [1.29, 1.82) is 0 Å². The van der Waals surface area contributed by atoms with Gasteiger partial charge in [0.15, 0.2) is 0 Å². The average molecular weight is 350 g/mol. The Labute approximate surface area is 150 Å². The van der Waals surface area contributed by atoms with Gasteiger partial charge in [-0.05, 0) is 36.8 Å². The van der Waals surface area contributed by atoms with Crippen molar-refractivity contribution in [2.45, 2.75) is 13.5 Å². The summed E-state index contributed by atoms with van der Waals surface area (Å²) in [6, 6.07) is 15.6. The molecule has 0 atom stereocenters. The van der Waals surface area contributed by atoms with E-state index in [-0.39, 0.29) is 24.4 Å². The summed E-state index contributed by atoms with van der Waals surface area (Å²) in [5, 5.41) is 6.81. The molecular weight excluding hydrogens is 332 g/mol. The second-order valence-corrected chi connectivity index (χ2v) is 5.56. The second kappa shape index (κ2) is 8.06. The lowest BCUT2D eigenvalue weighted by Crippen LogP contribution is -2.28. The van der Waals surface area contributed by atoms with Crippen LogP contribution < -0.4 is 15.6 Å². The molecule has 0 aliphatic carbocycles. The maximum Gasteiger partial charge on any atom is 0.277 e. The Kier molecular flexibility index (Phi) is 5.38. The molecule has 1 amide bonds. The molecule has 0 spiro atoms. The number of anilines is 1. The maximum atomic E-state index is 12.4. The molecule has 3 rings (SSSR count). The number of nitrogens with zero attached hydrogens (tertiary/aromatic N) is 3. The summed E-state index contributed by atoms with van der Waals surface area (Å²) in [5.74, 6) is 0.745. The molecule has 0 fully saturated rings. The van der Waals surface area contributed by atoms with Crippen LogP contribution in [0.4, 0.5) is 5.82 Å². The Balaban J connectivity index is 1.68. The molecule has 0 unspecified atom stereocenters. The number of benzene rings is 1. The number of amides is 1. The van der Waals surface area contributed by atoms with Crippen LogP contribution in [0.2, 0.25) is 0 Å². The smallest absolute Gasteiger partial charge is 0.277 e. The number of pyridine rings is 1. The van der Waals surface area contributed by atoms with Crippen molar-refractivity contribution in [2.24, 2.45) is 0 Å². The molecule has 1 N–H and O–H groups in total. The molecule has 0 saturated heterocycles. The maximum absolute atomic E-state index is 12.4. The zero-order valence-electron chi connectivity index (χ0n) is 14.3.